The summed E-state index contributed by atoms with van der Waals surface area (Å²) in [5.74, 6) is 5.21. The highest BCUT2D eigenvalue weighted by Gasteiger charge is 2.14. The summed E-state index contributed by atoms with van der Waals surface area (Å²) in [7, 11) is -3.13. The van der Waals surface area contributed by atoms with Crippen LogP contribution < -0.4 is 11.1 Å². The molecule has 1 rings (SSSR count). The van der Waals surface area contributed by atoms with E-state index in [1.165, 1.54) is 0 Å². The highest BCUT2D eigenvalue weighted by Crippen LogP contribution is 2.09. The van der Waals surface area contributed by atoms with E-state index >= 15 is 0 Å². The molecule has 0 heterocycles. The van der Waals surface area contributed by atoms with E-state index in [1.54, 1.807) is 19.1 Å². The molecule has 1 amide bonds. The predicted octanol–water partition coefficient (Wildman–Crippen LogP) is 0.468. The fourth-order valence-corrected chi connectivity index (χ4v) is 2.93. The van der Waals surface area contributed by atoms with Crippen LogP contribution in [0.2, 0.25) is 0 Å². The van der Waals surface area contributed by atoms with Crippen molar-refractivity contribution >= 4 is 15.7 Å². The maximum atomic E-state index is 12.1. The fourth-order valence-electron chi connectivity index (χ4n) is 1.94. The van der Waals surface area contributed by atoms with Gasteiger partial charge in [-0.05, 0) is 37.6 Å². The van der Waals surface area contributed by atoms with Crippen molar-refractivity contribution in [2.75, 3.05) is 18.6 Å². The molecule has 0 aliphatic rings. The van der Waals surface area contributed by atoms with Crippen molar-refractivity contribution in [3.8, 4) is 11.8 Å². The molecule has 0 fully saturated rings. The zero-order valence-corrected chi connectivity index (χ0v) is 13.3. The van der Waals surface area contributed by atoms with E-state index in [2.05, 4.69) is 17.2 Å². The average Bonchev–Trinajstić information content (AvgIpc) is 2.33. The Balaban J connectivity index is 2.90. The van der Waals surface area contributed by atoms with Crippen LogP contribution in [0.3, 0.4) is 0 Å². The molecule has 0 spiro atoms. The number of aryl methyl sites for hydroxylation is 1. The zero-order valence-electron chi connectivity index (χ0n) is 12.4. The second kappa shape index (κ2) is 7.25. The third kappa shape index (κ3) is 6.43. The summed E-state index contributed by atoms with van der Waals surface area (Å²) >= 11 is 0. The lowest BCUT2D eigenvalue weighted by Crippen LogP contribution is -2.37. The van der Waals surface area contributed by atoms with E-state index in [4.69, 9.17) is 5.73 Å². The monoisotopic (exact) mass is 308 g/mol. The number of carbonyl (C=O) groups is 1. The number of benzene rings is 1. The number of carbonyl (C=O) groups excluding carboxylic acids is 1. The molecule has 6 heteroatoms. The van der Waals surface area contributed by atoms with Crippen molar-refractivity contribution < 1.29 is 13.2 Å². The number of nitrogens with two attached hydrogens (primary N) is 1. The summed E-state index contributed by atoms with van der Waals surface area (Å²) in [6, 6.07) is 4.81. The quantitative estimate of drug-likeness (QED) is 0.791. The van der Waals surface area contributed by atoms with Crippen LogP contribution >= 0.6 is 0 Å². The average molecular weight is 308 g/mol. The minimum atomic E-state index is -3.13. The van der Waals surface area contributed by atoms with Crippen LogP contribution in [0.5, 0.6) is 0 Å². The molecular formula is C15H20N2O3S. The first-order valence-electron chi connectivity index (χ1n) is 6.50. The Labute approximate surface area is 125 Å². The van der Waals surface area contributed by atoms with Crippen molar-refractivity contribution in [1.29, 1.82) is 0 Å². The SMILES string of the molecule is Cc1cc(C#CCN)cc(C(=O)NC(C)CS(C)(=O)=O)c1. The third-order valence-corrected chi connectivity index (χ3v) is 3.71. The van der Waals surface area contributed by atoms with Gasteiger partial charge in [-0.15, -0.1) is 0 Å². The smallest absolute Gasteiger partial charge is 0.251 e. The van der Waals surface area contributed by atoms with Gasteiger partial charge in [0.2, 0.25) is 0 Å². The van der Waals surface area contributed by atoms with Crippen molar-refractivity contribution in [1.82, 2.24) is 5.32 Å². The van der Waals surface area contributed by atoms with Gasteiger partial charge in [0.1, 0.15) is 9.84 Å². The van der Waals surface area contributed by atoms with Gasteiger partial charge in [0.25, 0.3) is 5.91 Å². The normalized spacial score (nSPS) is 12.2. The maximum absolute atomic E-state index is 12.1. The van der Waals surface area contributed by atoms with Gasteiger partial charge in [0, 0.05) is 23.4 Å². The van der Waals surface area contributed by atoms with Gasteiger partial charge in [-0.1, -0.05) is 11.8 Å². The molecule has 0 aliphatic heterocycles. The molecular weight excluding hydrogens is 288 g/mol. The maximum Gasteiger partial charge on any atom is 0.251 e. The highest BCUT2D eigenvalue weighted by atomic mass is 32.2. The summed E-state index contributed by atoms with van der Waals surface area (Å²) in [6.45, 7) is 3.77. The lowest BCUT2D eigenvalue weighted by molar-refractivity contribution is 0.0943. The van der Waals surface area contributed by atoms with Crippen LogP contribution in [0.1, 0.15) is 28.4 Å². The summed E-state index contributed by atoms with van der Waals surface area (Å²) in [6.07, 6.45) is 1.14. The first-order chi connectivity index (χ1) is 9.71. The van der Waals surface area contributed by atoms with Crippen molar-refractivity contribution in [3.63, 3.8) is 0 Å². The Kier molecular flexibility index (Phi) is 5.94. The summed E-state index contributed by atoms with van der Waals surface area (Å²) in [5.41, 5.74) is 7.39. The van der Waals surface area contributed by atoms with Crippen LogP contribution in [0.15, 0.2) is 18.2 Å². The number of hydrogen-bond acceptors (Lipinski definition) is 4. The summed E-state index contributed by atoms with van der Waals surface area (Å²) in [4.78, 5) is 12.1. The lowest BCUT2D eigenvalue weighted by atomic mass is 10.1. The van der Waals surface area contributed by atoms with Gasteiger partial charge < -0.3 is 11.1 Å². The molecule has 0 aromatic heterocycles. The van der Waals surface area contributed by atoms with Crippen molar-refractivity contribution in [3.05, 3.63) is 34.9 Å². The second-order valence-corrected chi connectivity index (χ2v) is 7.25. The molecule has 0 aliphatic carbocycles. The van der Waals surface area contributed by atoms with Crippen molar-refractivity contribution in [2.45, 2.75) is 19.9 Å². The molecule has 0 bridgehead atoms. The zero-order chi connectivity index (χ0) is 16.0. The van der Waals surface area contributed by atoms with Crippen LogP contribution in [-0.2, 0) is 9.84 Å². The van der Waals surface area contributed by atoms with Gasteiger partial charge in [-0.2, -0.15) is 0 Å². The molecule has 114 valence electrons. The number of sulfone groups is 1. The molecule has 21 heavy (non-hydrogen) atoms. The summed E-state index contributed by atoms with van der Waals surface area (Å²) < 4.78 is 22.4. The molecule has 0 radical (unpaired) electrons. The minimum Gasteiger partial charge on any atom is -0.349 e. The van der Waals surface area contributed by atoms with Gasteiger partial charge in [0.05, 0.1) is 12.3 Å². The molecule has 1 aromatic rings. The van der Waals surface area contributed by atoms with Crippen LogP contribution in [-0.4, -0.2) is 38.9 Å². The predicted molar refractivity (Wildman–Crippen MR) is 83.8 cm³/mol. The van der Waals surface area contributed by atoms with Crippen LogP contribution in [0, 0.1) is 18.8 Å². The van der Waals surface area contributed by atoms with Crippen LogP contribution in [0.4, 0.5) is 0 Å². The van der Waals surface area contributed by atoms with E-state index < -0.39 is 15.9 Å². The number of hydrogen-bond donors (Lipinski definition) is 2. The molecule has 3 N–H and O–H groups in total. The molecule has 0 saturated heterocycles. The molecule has 0 saturated carbocycles. The third-order valence-electron chi connectivity index (χ3n) is 2.60. The van der Waals surface area contributed by atoms with E-state index in [9.17, 15) is 13.2 Å². The molecule has 1 unspecified atom stereocenters. The highest BCUT2D eigenvalue weighted by molar-refractivity contribution is 7.90. The second-order valence-electron chi connectivity index (χ2n) is 5.06. The van der Waals surface area contributed by atoms with E-state index in [-0.39, 0.29) is 18.2 Å². The van der Waals surface area contributed by atoms with Crippen molar-refractivity contribution in [2.24, 2.45) is 5.73 Å². The van der Waals surface area contributed by atoms with Gasteiger partial charge in [-0.25, -0.2) is 8.42 Å². The number of rotatable bonds is 4. The van der Waals surface area contributed by atoms with E-state index in [1.807, 2.05) is 13.0 Å². The van der Waals surface area contributed by atoms with E-state index in [0.29, 0.717) is 11.1 Å². The first kappa shape index (κ1) is 17.2. The topological polar surface area (TPSA) is 89.3 Å². The number of nitrogens with one attached hydrogen (secondary N) is 1. The van der Waals surface area contributed by atoms with Gasteiger partial charge >= 0.3 is 0 Å². The first-order valence-corrected chi connectivity index (χ1v) is 8.56. The van der Waals surface area contributed by atoms with Gasteiger partial charge in [0.15, 0.2) is 0 Å². The Bertz CT molecular complexity index is 685. The molecule has 1 aromatic carbocycles. The summed E-state index contributed by atoms with van der Waals surface area (Å²) in [5, 5.41) is 2.67. The minimum absolute atomic E-state index is 0.0929. The standard InChI is InChI=1S/C15H20N2O3S/c1-11-7-13(5-4-6-16)9-14(8-11)15(18)17-12(2)10-21(3,19)20/h7-9,12H,6,10,16H2,1-3H3,(H,17,18). The Hall–Kier alpha value is -1.84. The molecule has 5 nitrogen and oxygen atoms in total. The van der Waals surface area contributed by atoms with Crippen LogP contribution in [0.25, 0.3) is 0 Å². The lowest BCUT2D eigenvalue weighted by Gasteiger charge is -2.13. The molecule has 1 atom stereocenters. The Morgan fingerprint density at radius 3 is 2.62 bits per heavy atom. The van der Waals surface area contributed by atoms with Gasteiger partial charge in [-0.3, -0.25) is 4.79 Å². The Morgan fingerprint density at radius 1 is 1.38 bits per heavy atom. The Morgan fingerprint density at radius 2 is 2.05 bits per heavy atom. The number of amides is 1. The fraction of sp³-hybridized carbons (Fsp3) is 0.400. The van der Waals surface area contributed by atoms with E-state index in [0.717, 1.165) is 11.8 Å². The largest absolute Gasteiger partial charge is 0.349 e.